The molecular weight excluding hydrogens is 374 g/mol. The van der Waals surface area contributed by atoms with E-state index in [1.54, 1.807) is 0 Å². The van der Waals surface area contributed by atoms with Gasteiger partial charge in [-0.1, -0.05) is 60.7 Å². The van der Waals surface area contributed by atoms with E-state index in [2.05, 4.69) is 96.2 Å². The number of benzene rings is 4. The summed E-state index contributed by atoms with van der Waals surface area (Å²) in [6.07, 6.45) is 0. The normalized spacial score (nSPS) is 11.1. The fraction of sp³-hybridized carbons (Fsp3) is 0.200. The van der Waals surface area contributed by atoms with E-state index in [0.29, 0.717) is 0 Å². The molecule has 0 heterocycles. The molecule has 4 aromatic carbocycles. The van der Waals surface area contributed by atoms with Gasteiger partial charge < -0.3 is 16.0 Å². The van der Waals surface area contributed by atoms with Gasteiger partial charge >= 0.3 is 0 Å². The van der Waals surface area contributed by atoms with Gasteiger partial charge in [-0.15, -0.1) is 12.6 Å². The molecule has 0 aliphatic heterocycles. The van der Waals surface area contributed by atoms with Crippen molar-refractivity contribution in [2.24, 2.45) is 0 Å². The van der Waals surface area contributed by atoms with Crippen LogP contribution in [0.1, 0.15) is 5.56 Å². The van der Waals surface area contributed by atoms with Crippen LogP contribution in [0.25, 0.3) is 21.5 Å². The topological polar surface area (TPSA) is 36.1 Å². The second-order valence-electron chi connectivity index (χ2n) is 7.26. The summed E-state index contributed by atoms with van der Waals surface area (Å²) in [5.74, 6) is 0. The van der Waals surface area contributed by atoms with Crippen molar-refractivity contribution in [3.63, 3.8) is 0 Å². The zero-order chi connectivity index (χ0) is 20.1. The smallest absolute Gasteiger partial charge is 0.0450 e. The molecule has 0 saturated carbocycles. The molecule has 0 fully saturated rings. The molecule has 4 rings (SSSR count). The van der Waals surface area contributed by atoms with Crippen molar-refractivity contribution in [3.05, 3.63) is 78.4 Å². The van der Waals surface area contributed by atoms with Crippen LogP contribution in [0.15, 0.2) is 77.7 Å². The first-order valence-corrected chi connectivity index (χ1v) is 10.6. The zero-order valence-electron chi connectivity index (χ0n) is 16.7. The summed E-state index contributed by atoms with van der Waals surface area (Å²) in [6, 6.07) is 25.4. The van der Waals surface area contributed by atoms with E-state index in [1.165, 1.54) is 32.8 Å². The Kier molecular flexibility index (Phi) is 6.23. The Morgan fingerprint density at radius 1 is 0.690 bits per heavy atom. The molecule has 4 aromatic rings. The number of hydrogen-bond acceptors (Lipinski definition) is 4. The van der Waals surface area contributed by atoms with Gasteiger partial charge in [0.15, 0.2) is 0 Å². The highest BCUT2D eigenvalue weighted by atomic mass is 32.1. The average molecular weight is 402 g/mol. The maximum atomic E-state index is 4.62. The minimum absolute atomic E-state index is 0.870. The number of nitrogens with one attached hydrogen (secondary N) is 3. The van der Waals surface area contributed by atoms with E-state index in [0.717, 1.165) is 36.8 Å². The minimum Gasteiger partial charge on any atom is -0.383 e. The molecule has 0 amide bonds. The van der Waals surface area contributed by atoms with Crippen molar-refractivity contribution < 1.29 is 0 Å². The number of fused-ring (bicyclic) bond motifs is 2. The second kappa shape index (κ2) is 9.21. The Bertz CT molecular complexity index is 1120. The van der Waals surface area contributed by atoms with Gasteiger partial charge in [0.1, 0.15) is 0 Å². The lowest BCUT2D eigenvalue weighted by Crippen LogP contribution is -2.27. The molecule has 0 atom stereocenters. The molecule has 148 valence electrons. The molecule has 3 N–H and O–H groups in total. The molecule has 0 aliphatic rings. The molecule has 0 aromatic heterocycles. The van der Waals surface area contributed by atoms with Gasteiger partial charge in [-0.05, 0) is 35.4 Å². The number of thiol groups is 1. The molecule has 0 unspecified atom stereocenters. The van der Waals surface area contributed by atoms with Gasteiger partial charge in [0, 0.05) is 53.2 Å². The van der Waals surface area contributed by atoms with E-state index in [9.17, 15) is 0 Å². The van der Waals surface area contributed by atoms with Crippen molar-refractivity contribution in [3.8, 4) is 0 Å². The Morgan fingerprint density at radius 3 is 2.28 bits per heavy atom. The summed E-state index contributed by atoms with van der Waals surface area (Å²) in [5, 5.41) is 15.6. The van der Waals surface area contributed by atoms with Gasteiger partial charge in [0.05, 0.1) is 0 Å². The van der Waals surface area contributed by atoms with Crippen molar-refractivity contribution in [2.45, 2.75) is 11.8 Å². The SMILES string of the molecule is Cc1ccc2ccccc2c1NCCNCCNc1cccc2cccc(S)c12. The van der Waals surface area contributed by atoms with Crippen LogP contribution >= 0.6 is 12.6 Å². The first kappa shape index (κ1) is 19.6. The number of aryl methyl sites for hydroxylation is 1. The first-order chi connectivity index (χ1) is 14.2. The fourth-order valence-corrected chi connectivity index (χ4v) is 4.11. The Balaban J connectivity index is 1.26. The standard InChI is InChI=1S/C25H27N3S/c1-18-12-13-19-6-2-3-9-21(19)25(18)28-17-15-26-14-16-27-22-10-4-7-20-8-5-11-23(29)24(20)22/h2-13,26-29H,14-17H2,1H3. The fourth-order valence-electron chi connectivity index (χ4n) is 3.77. The van der Waals surface area contributed by atoms with E-state index >= 15 is 0 Å². The first-order valence-electron chi connectivity index (χ1n) is 10.1. The largest absolute Gasteiger partial charge is 0.383 e. The molecule has 0 bridgehead atoms. The maximum Gasteiger partial charge on any atom is 0.0450 e. The van der Waals surface area contributed by atoms with Gasteiger partial charge in [-0.25, -0.2) is 0 Å². The third kappa shape index (κ3) is 4.50. The summed E-state index contributed by atoms with van der Waals surface area (Å²) in [4.78, 5) is 1.01. The molecule has 0 spiro atoms. The monoisotopic (exact) mass is 401 g/mol. The third-order valence-electron chi connectivity index (χ3n) is 5.24. The van der Waals surface area contributed by atoms with Crippen LogP contribution in [-0.2, 0) is 0 Å². The van der Waals surface area contributed by atoms with Crippen LogP contribution in [0.5, 0.6) is 0 Å². The van der Waals surface area contributed by atoms with E-state index in [1.807, 2.05) is 12.1 Å². The summed E-state index contributed by atoms with van der Waals surface area (Å²) in [6.45, 7) is 5.74. The van der Waals surface area contributed by atoms with Crippen LogP contribution in [0.4, 0.5) is 11.4 Å². The molecule has 4 heteroatoms. The van der Waals surface area contributed by atoms with Crippen LogP contribution in [0.3, 0.4) is 0 Å². The van der Waals surface area contributed by atoms with Crippen molar-refractivity contribution in [1.29, 1.82) is 0 Å². The van der Waals surface area contributed by atoms with Crippen molar-refractivity contribution in [1.82, 2.24) is 5.32 Å². The van der Waals surface area contributed by atoms with E-state index < -0.39 is 0 Å². The maximum absolute atomic E-state index is 4.62. The second-order valence-corrected chi connectivity index (χ2v) is 7.74. The minimum atomic E-state index is 0.870. The highest BCUT2D eigenvalue weighted by Gasteiger charge is 2.04. The summed E-state index contributed by atoms with van der Waals surface area (Å²) < 4.78 is 0. The van der Waals surface area contributed by atoms with E-state index in [4.69, 9.17) is 0 Å². The zero-order valence-corrected chi connectivity index (χ0v) is 17.6. The predicted molar refractivity (Wildman–Crippen MR) is 130 cm³/mol. The van der Waals surface area contributed by atoms with E-state index in [-0.39, 0.29) is 0 Å². The Morgan fingerprint density at radius 2 is 1.41 bits per heavy atom. The van der Waals surface area contributed by atoms with Crippen LogP contribution in [-0.4, -0.2) is 26.2 Å². The highest BCUT2D eigenvalue weighted by molar-refractivity contribution is 7.80. The van der Waals surface area contributed by atoms with Crippen molar-refractivity contribution in [2.75, 3.05) is 36.8 Å². The van der Waals surface area contributed by atoms with Crippen LogP contribution in [0.2, 0.25) is 0 Å². The Hall–Kier alpha value is -2.69. The number of anilines is 2. The molecule has 0 aliphatic carbocycles. The molecule has 3 nitrogen and oxygen atoms in total. The van der Waals surface area contributed by atoms with Crippen LogP contribution in [0, 0.1) is 6.92 Å². The summed E-state index contributed by atoms with van der Waals surface area (Å²) >= 11 is 4.62. The molecule has 0 radical (unpaired) electrons. The molecular formula is C25H27N3S. The van der Waals surface area contributed by atoms with Gasteiger partial charge in [0.25, 0.3) is 0 Å². The lowest BCUT2D eigenvalue weighted by Gasteiger charge is -2.14. The molecule has 29 heavy (non-hydrogen) atoms. The summed E-state index contributed by atoms with van der Waals surface area (Å²) in [7, 11) is 0. The van der Waals surface area contributed by atoms with Gasteiger partial charge in [-0.3, -0.25) is 0 Å². The lowest BCUT2D eigenvalue weighted by atomic mass is 10.0. The third-order valence-corrected chi connectivity index (χ3v) is 5.61. The lowest BCUT2D eigenvalue weighted by molar-refractivity contribution is 0.719. The Labute approximate surface area is 177 Å². The van der Waals surface area contributed by atoms with Gasteiger partial charge in [0.2, 0.25) is 0 Å². The number of hydrogen-bond donors (Lipinski definition) is 4. The van der Waals surface area contributed by atoms with Crippen molar-refractivity contribution >= 4 is 45.5 Å². The quantitative estimate of drug-likeness (QED) is 0.226. The predicted octanol–water partition coefficient (Wildman–Crippen LogP) is 5.70. The van der Waals surface area contributed by atoms with Crippen LogP contribution < -0.4 is 16.0 Å². The summed E-state index contributed by atoms with van der Waals surface area (Å²) in [5.41, 5.74) is 3.66. The highest BCUT2D eigenvalue weighted by Crippen LogP contribution is 2.29. The van der Waals surface area contributed by atoms with Gasteiger partial charge in [-0.2, -0.15) is 0 Å². The molecule has 0 saturated heterocycles. The number of rotatable bonds is 8. The average Bonchev–Trinajstić information content (AvgIpc) is 2.74.